The van der Waals surface area contributed by atoms with E-state index >= 15 is 0 Å². The number of nitrogen functional groups attached to an aromatic ring is 1. The van der Waals surface area contributed by atoms with Crippen molar-refractivity contribution in [3.8, 4) is 0 Å². The monoisotopic (exact) mass is 286 g/mol. The molecule has 1 aromatic rings. The number of aromatic nitrogens is 2. The second-order valence-electron chi connectivity index (χ2n) is 4.66. The maximum Gasteiger partial charge on any atom is 0.246 e. The van der Waals surface area contributed by atoms with Gasteiger partial charge in [-0.05, 0) is 25.2 Å². The number of aliphatic hydroxyl groups excluding tert-OH is 1. The topological polar surface area (TPSA) is 109 Å². The summed E-state index contributed by atoms with van der Waals surface area (Å²) in [6.07, 6.45) is 4.84. The quantitative estimate of drug-likeness (QED) is 0.796. The molecule has 1 atom stereocenters. The van der Waals surface area contributed by atoms with E-state index in [1.54, 1.807) is 0 Å². The fourth-order valence-corrected chi connectivity index (χ4v) is 3.72. The summed E-state index contributed by atoms with van der Waals surface area (Å²) in [4.78, 5) is 7.49. The fourth-order valence-electron chi connectivity index (χ4n) is 2.27. The molecule has 0 radical (unpaired) electrons. The van der Waals surface area contributed by atoms with Gasteiger partial charge in [-0.2, -0.15) is 4.31 Å². The molecule has 1 aromatic heterocycles. The number of anilines is 1. The zero-order chi connectivity index (χ0) is 13.9. The minimum absolute atomic E-state index is 0.0516. The van der Waals surface area contributed by atoms with Crippen molar-refractivity contribution < 1.29 is 13.5 Å². The van der Waals surface area contributed by atoms with Crippen molar-refractivity contribution in [1.29, 1.82) is 0 Å². The molecule has 1 aliphatic heterocycles. The van der Waals surface area contributed by atoms with Gasteiger partial charge in [0.25, 0.3) is 0 Å². The Balaban J connectivity index is 2.17. The number of nitrogens with zero attached hydrogens (tertiary/aromatic N) is 3. The average Bonchev–Trinajstić information content (AvgIpc) is 2.40. The van der Waals surface area contributed by atoms with Crippen molar-refractivity contribution in [2.24, 2.45) is 5.92 Å². The second kappa shape index (κ2) is 5.81. The van der Waals surface area contributed by atoms with Gasteiger partial charge in [0.15, 0.2) is 0 Å². The third-order valence-electron chi connectivity index (χ3n) is 3.30. The van der Waals surface area contributed by atoms with Crippen LogP contribution in [-0.2, 0) is 10.0 Å². The molecule has 0 spiro atoms. The molecule has 1 fully saturated rings. The highest BCUT2D eigenvalue weighted by Gasteiger charge is 2.30. The lowest BCUT2D eigenvalue weighted by molar-refractivity contribution is 0.203. The van der Waals surface area contributed by atoms with Gasteiger partial charge in [0, 0.05) is 19.7 Å². The maximum atomic E-state index is 12.4. The first kappa shape index (κ1) is 14.2. The lowest BCUT2D eigenvalue weighted by atomic mass is 9.97. The molecular weight excluding hydrogens is 268 g/mol. The van der Waals surface area contributed by atoms with Crippen molar-refractivity contribution >= 4 is 16.0 Å². The van der Waals surface area contributed by atoms with Gasteiger partial charge in [0.05, 0.1) is 12.4 Å². The molecule has 0 saturated carbocycles. The SMILES string of the molecule is Nc1ncc(S(=O)(=O)N2CCCC(CCO)C2)cn1. The molecule has 8 heteroatoms. The Hall–Kier alpha value is -1.25. The van der Waals surface area contributed by atoms with Gasteiger partial charge < -0.3 is 10.8 Å². The Morgan fingerprint density at radius 2 is 2.11 bits per heavy atom. The summed E-state index contributed by atoms with van der Waals surface area (Å²) < 4.78 is 26.2. The Kier molecular flexibility index (Phi) is 4.33. The van der Waals surface area contributed by atoms with Gasteiger partial charge in [-0.15, -0.1) is 0 Å². The van der Waals surface area contributed by atoms with Gasteiger partial charge in [0.1, 0.15) is 4.90 Å². The van der Waals surface area contributed by atoms with E-state index in [4.69, 9.17) is 10.8 Å². The van der Waals surface area contributed by atoms with Crippen molar-refractivity contribution in [3.05, 3.63) is 12.4 Å². The molecule has 106 valence electrons. The summed E-state index contributed by atoms with van der Waals surface area (Å²) >= 11 is 0. The Morgan fingerprint density at radius 3 is 2.74 bits per heavy atom. The molecule has 19 heavy (non-hydrogen) atoms. The number of hydrogen-bond acceptors (Lipinski definition) is 6. The molecule has 0 bridgehead atoms. The van der Waals surface area contributed by atoms with Crippen molar-refractivity contribution in [2.75, 3.05) is 25.4 Å². The molecule has 0 aliphatic carbocycles. The normalized spacial score (nSPS) is 21.4. The third kappa shape index (κ3) is 3.20. The number of sulfonamides is 1. The number of hydrogen-bond donors (Lipinski definition) is 2. The molecule has 2 rings (SSSR count). The number of aliphatic hydroxyl groups is 1. The van der Waals surface area contributed by atoms with Gasteiger partial charge >= 0.3 is 0 Å². The molecule has 1 aliphatic rings. The van der Waals surface area contributed by atoms with Crippen molar-refractivity contribution in [3.63, 3.8) is 0 Å². The van der Waals surface area contributed by atoms with Crippen molar-refractivity contribution in [1.82, 2.24) is 14.3 Å². The van der Waals surface area contributed by atoms with Crippen LogP contribution in [0.5, 0.6) is 0 Å². The number of rotatable bonds is 4. The molecular formula is C11H18N4O3S. The molecule has 3 N–H and O–H groups in total. The van der Waals surface area contributed by atoms with Crippen LogP contribution in [0.15, 0.2) is 17.3 Å². The molecule has 0 amide bonds. The molecule has 1 unspecified atom stereocenters. The lowest BCUT2D eigenvalue weighted by Crippen LogP contribution is -2.40. The summed E-state index contributed by atoms with van der Waals surface area (Å²) in [5.41, 5.74) is 5.35. The number of nitrogens with two attached hydrogens (primary N) is 1. The zero-order valence-electron chi connectivity index (χ0n) is 10.6. The van der Waals surface area contributed by atoms with Gasteiger partial charge in [-0.25, -0.2) is 18.4 Å². The van der Waals surface area contributed by atoms with Crippen molar-refractivity contribution in [2.45, 2.75) is 24.2 Å². The van der Waals surface area contributed by atoms with Gasteiger partial charge in [-0.1, -0.05) is 0 Å². The minimum Gasteiger partial charge on any atom is -0.396 e. The smallest absolute Gasteiger partial charge is 0.246 e. The summed E-state index contributed by atoms with van der Waals surface area (Å²) in [7, 11) is -3.56. The van der Waals surface area contributed by atoms with E-state index in [0.717, 1.165) is 12.8 Å². The molecule has 2 heterocycles. The highest BCUT2D eigenvalue weighted by atomic mass is 32.2. The highest BCUT2D eigenvalue weighted by Crippen LogP contribution is 2.24. The van der Waals surface area contributed by atoms with Gasteiger partial charge in [-0.3, -0.25) is 0 Å². The highest BCUT2D eigenvalue weighted by molar-refractivity contribution is 7.89. The molecule has 0 aromatic carbocycles. The Bertz CT molecular complexity index is 515. The van der Waals surface area contributed by atoms with E-state index in [1.807, 2.05) is 0 Å². The largest absolute Gasteiger partial charge is 0.396 e. The van der Waals surface area contributed by atoms with E-state index in [-0.39, 0.29) is 23.4 Å². The first-order chi connectivity index (χ1) is 9.04. The second-order valence-corrected chi connectivity index (χ2v) is 6.60. The summed E-state index contributed by atoms with van der Waals surface area (Å²) in [6.45, 7) is 1.02. The summed E-state index contributed by atoms with van der Waals surface area (Å²) in [5, 5.41) is 8.95. The molecule has 7 nitrogen and oxygen atoms in total. The van der Waals surface area contributed by atoms with Crippen LogP contribution in [0.1, 0.15) is 19.3 Å². The summed E-state index contributed by atoms with van der Waals surface area (Å²) in [6, 6.07) is 0. The zero-order valence-corrected chi connectivity index (χ0v) is 11.4. The number of piperidine rings is 1. The van der Waals surface area contributed by atoms with Crippen LogP contribution in [0.3, 0.4) is 0 Å². The fraction of sp³-hybridized carbons (Fsp3) is 0.636. The Labute approximate surface area is 112 Å². The van der Waals surface area contributed by atoms with Crippen LogP contribution in [0, 0.1) is 5.92 Å². The van der Waals surface area contributed by atoms with E-state index in [1.165, 1.54) is 16.7 Å². The first-order valence-electron chi connectivity index (χ1n) is 6.22. The van der Waals surface area contributed by atoms with E-state index in [2.05, 4.69) is 9.97 Å². The van der Waals surface area contributed by atoms with Gasteiger partial charge in [0.2, 0.25) is 16.0 Å². The van der Waals surface area contributed by atoms with Crippen LogP contribution in [0.25, 0.3) is 0 Å². The Morgan fingerprint density at radius 1 is 1.42 bits per heavy atom. The van der Waals surface area contributed by atoms with Crippen LogP contribution in [0.2, 0.25) is 0 Å². The predicted molar refractivity (Wildman–Crippen MR) is 69.6 cm³/mol. The molecule has 1 saturated heterocycles. The van der Waals surface area contributed by atoms with Crippen LogP contribution in [0.4, 0.5) is 5.95 Å². The lowest BCUT2D eigenvalue weighted by Gasteiger charge is -2.31. The average molecular weight is 286 g/mol. The predicted octanol–water partition coefficient (Wildman–Crippen LogP) is -0.158. The van der Waals surface area contributed by atoms with Crippen LogP contribution in [-0.4, -0.2) is 47.5 Å². The standard InChI is InChI=1S/C11H18N4O3S/c12-11-13-6-10(7-14-11)19(17,18)15-4-1-2-9(8-15)3-5-16/h6-7,9,16H,1-5,8H2,(H2,12,13,14). The minimum atomic E-state index is -3.56. The summed E-state index contributed by atoms with van der Waals surface area (Å²) in [5.74, 6) is 0.263. The third-order valence-corrected chi connectivity index (χ3v) is 5.12. The van der Waals surface area contributed by atoms with Crippen LogP contribution >= 0.6 is 0 Å². The van der Waals surface area contributed by atoms with E-state index in [0.29, 0.717) is 19.5 Å². The van der Waals surface area contributed by atoms with E-state index < -0.39 is 10.0 Å². The van der Waals surface area contributed by atoms with Crippen LogP contribution < -0.4 is 5.73 Å². The first-order valence-corrected chi connectivity index (χ1v) is 7.66. The maximum absolute atomic E-state index is 12.4. The van der Waals surface area contributed by atoms with E-state index in [9.17, 15) is 8.42 Å².